The standard InChI is InChI=1S/C13H22/c1-10(2)13(3)9-5-8-12(13)11-6-4-7-11/h10H,4-9H2,1-3H3. The van der Waals surface area contributed by atoms with Crippen LogP contribution in [0, 0.1) is 11.3 Å². The van der Waals surface area contributed by atoms with Crippen molar-refractivity contribution in [3.63, 3.8) is 0 Å². The molecule has 1 atom stereocenters. The summed E-state index contributed by atoms with van der Waals surface area (Å²) in [6.45, 7) is 7.28. The van der Waals surface area contributed by atoms with E-state index in [1.165, 1.54) is 38.5 Å². The van der Waals surface area contributed by atoms with Crippen LogP contribution in [-0.2, 0) is 0 Å². The third kappa shape index (κ3) is 1.35. The zero-order chi connectivity index (χ0) is 9.47. The summed E-state index contributed by atoms with van der Waals surface area (Å²) in [5, 5.41) is 0. The summed E-state index contributed by atoms with van der Waals surface area (Å²) in [6, 6.07) is 0. The topological polar surface area (TPSA) is 0 Å². The van der Waals surface area contributed by atoms with Crippen LogP contribution in [0.2, 0.25) is 0 Å². The summed E-state index contributed by atoms with van der Waals surface area (Å²) in [5.74, 6) is 0.832. The van der Waals surface area contributed by atoms with Gasteiger partial charge in [-0.15, -0.1) is 0 Å². The lowest BCUT2D eigenvalue weighted by molar-refractivity contribution is 0.280. The molecule has 0 aromatic rings. The highest BCUT2D eigenvalue weighted by Crippen LogP contribution is 2.52. The minimum Gasteiger partial charge on any atom is -0.0704 e. The Hall–Kier alpha value is -0.260. The number of allylic oxidation sites excluding steroid dienone is 2. The molecule has 0 N–H and O–H groups in total. The third-order valence-electron chi connectivity index (χ3n) is 4.47. The highest BCUT2D eigenvalue weighted by Gasteiger charge is 2.38. The van der Waals surface area contributed by atoms with Crippen LogP contribution in [0.1, 0.15) is 59.3 Å². The number of rotatable bonds is 1. The maximum Gasteiger partial charge on any atom is -0.00906 e. The van der Waals surface area contributed by atoms with E-state index in [4.69, 9.17) is 0 Å². The molecule has 2 rings (SSSR count). The van der Waals surface area contributed by atoms with Crippen molar-refractivity contribution in [1.29, 1.82) is 0 Å². The van der Waals surface area contributed by atoms with Gasteiger partial charge in [0.2, 0.25) is 0 Å². The second kappa shape index (κ2) is 3.15. The van der Waals surface area contributed by atoms with Gasteiger partial charge in [-0.3, -0.25) is 0 Å². The molecule has 0 aromatic carbocycles. The summed E-state index contributed by atoms with van der Waals surface area (Å²) in [4.78, 5) is 0. The first-order valence-corrected chi connectivity index (χ1v) is 5.86. The lowest BCUT2D eigenvalue weighted by Crippen LogP contribution is -2.23. The zero-order valence-electron chi connectivity index (χ0n) is 9.32. The lowest BCUT2D eigenvalue weighted by Gasteiger charge is -2.35. The van der Waals surface area contributed by atoms with Crippen LogP contribution in [0.4, 0.5) is 0 Å². The summed E-state index contributed by atoms with van der Waals surface area (Å²) in [7, 11) is 0. The summed E-state index contributed by atoms with van der Waals surface area (Å²) in [5.41, 5.74) is 4.25. The molecule has 0 bridgehead atoms. The van der Waals surface area contributed by atoms with Crippen molar-refractivity contribution in [1.82, 2.24) is 0 Å². The minimum absolute atomic E-state index is 0.565. The van der Waals surface area contributed by atoms with E-state index in [0.29, 0.717) is 5.41 Å². The van der Waals surface area contributed by atoms with E-state index in [-0.39, 0.29) is 0 Å². The fraction of sp³-hybridized carbons (Fsp3) is 0.846. The molecule has 2 aliphatic carbocycles. The molecule has 2 saturated carbocycles. The molecular weight excluding hydrogens is 156 g/mol. The van der Waals surface area contributed by atoms with Gasteiger partial charge in [0, 0.05) is 0 Å². The normalized spacial score (nSPS) is 34.2. The minimum atomic E-state index is 0.565. The van der Waals surface area contributed by atoms with Gasteiger partial charge < -0.3 is 0 Å². The third-order valence-corrected chi connectivity index (χ3v) is 4.47. The number of hydrogen-bond acceptors (Lipinski definition) is 0. The van der Waals surface area contributed by atoms with Crippen LogP contribution in [0.5, 0.6) is 0 Å². The first-order chi connectivity index (χ1) is 6.14. The van der Waals surface area contributed by atoms with Crippen molar-refractivity contribution in [3.05, 3.63) is 11.1 Å². The Morgan fingerprint density at radius 2 is 1.77 bits per heavy atom. The smallest absolute Gasteiger partial charge is 0.00906 e. The predicted molar refractivity (Wildman–Crippen MR) is 57.7 cm³/mol. The molecule has 0 heterocycles. The van der Waals surface area contributed by atoms with Gasteiger partial charge in [0.15, 0.2) is 0 Å². The molecule has 1 unspecified atom stereocenters. The lowest BCUT2D eigenvalue weighted by atomic mass is 9.70. The van der Waals surface area contributed by atoms with E-state index in [2.05, 4.69) is 20.8 Å². The summed E-state index contributed by atoms with van der Waals surface area (Å²) >= 11 is 0. The van der Waals surface area contributed by atoms with Crippen LogP contribution in [-0.4, -0.2) is 0 Å². The Morgan fingerprint density at radius 1 is 1.08 bits per heavy atom. The highest BCUT2D eigenvalue weighted by molar-refractivity contribution is 5.28. The predicted octanol–water partition coefficient (Wildman–Crippen LogP) is 4.31. The van der Waals surface area contributed by atoms with E-state index < -0.39 is 0 Å². The van der Waals surface area contributed by atoms with Crippen LogP contribution in [0.25, 0.3) is 0 Å². The van der Waals surface area contributed by atoms with E-state index in [1.54, 1.807) is 0 Å². The largest absolute Gasteiger partial charge is 0.0704 e. The van der Waals surface area contributed by atoms with Crippen molar-refractivity contribution in [2.24, 2.45) is 11.3 Å². The van der Waals surface area contributed by atoms with Crippen LogP contribution in [0.15, 0.2) is 11.1 Å². The van der Waals surface area contributed by atoms with Crippen molar-refractivity contribution in [3.8, 4) is 0 Å². The van der Waals surface area contributed by atoms with E-state index in [0.717, 1.165) is 5.92 Å². The van der Waals surface area contributed by atoms with Crippen molar-refractivity contribution >= 4 is 0 Å². The van der Waals surface area contributed by atoms with Gasteiger partial charge in [0.25, 0.3) is 0 Å². The van der Waals surface area contributed by atoms with Gasteiger partial charge in [-0.2, -0.15) is 0 Å². The van der Waals surface area contributed by atoms with Crippen LogP contribution >= 0.6 is 0 Å². The average molecular weight is 178 g/mol. The summed E-state index contributed by atoms with van der Waals surface area (Å²) in [6.07, 6.45) is 8.56. The van der Waals surface area contributed by atoms with Crippen LogP contribution in [0.3, 0.4) is 0 Å². The van der Waals surface area contributed by atoms with E-state index in [9.17, 15) is 0 Å². The van der Waals surface area contributed by atoms with Gasteiger partial charge in [-0.25, -0.2) is 0 Å². The molecular formula is C13H22. The average Bonchev–Trinajstić information content (AvgIpc) is 2.31. The second-order valence-corrected chi connectivity index (χ2v) is 5.36. The molecule has 0 heteroatoms. The maximum absolute atomic E-state index is 2.49. The molecule has 2 fully saturated rings. The zero-order valence-corrected chi connectivity index (χ0v) is 9.32. The molecule has 13 heavy (non-hydrogen) atoms. The van der Waals surface area contributed by atoms with Gasteiger partial charge in [-0.05, 0) is 49.9 Å². The van der Waals surface area contributed by atoms with Crippen molar-refractivity contribution in [2.75, 3.05) is 0 Å². The van der Waals surface area contributed by atoms with Gasteiger partial charge in [0.1, 0.15) is 0 Å². The molecule has 0 amide bonds. The van der Waals surface area contributed by atoms with Gasteiger partial charge in [0.05, 0.1) is 0 Å². The molecule has 0 nitrogen and oxygen atoms in total. The Balaban J connectivity index is 2.27. The SMILES string of the molecule is CC(C)C1(C)CCCC1=C1CCC1. The Bertz CT molecular complexity index is 228. The molecule has 0 saturated heterocycles. The van der Waals surface area contributed by atoms with E-state index >= 15 is 0 Å². The Morgan fingerprint density at radius 3 is 2.23 bits per heavy atom. The van der Waals surface area contributed by atoms with E-state index in [1.807, 2.05) is 11.1 Å². The quantitative estimate of drug-likeness (QED) is 0.525. The molecule has 0 spiro atoms. The highest BCUT2D eigenvalue weighted by atomic mass is 14.4. The monoisotopic (exact) mass is 178 g/mol. The Kier molecular flexibility index (Phi) is 2.25. The molecule has 0 radical (unpaired) electrons. The molecule has 0 aliphatic heterocycles. The summed E-state index contributed by atoms with van der Waals surface area (Å²) < 4.78 is 0. The molecule has 2 aliphatic rings. The Labute approximate surface area is 82.4 Å². The van der Waals surface area contributed by atoms with Crippen molar-refractivity contribution < 1.29 is 0 Å². The fourth-order valence-corrected chi connectivity index (χ4v) is 2.94. The second-order valence-electron chi connectivity index (χ2n) is 5.36. The van der Waals surface area contributed by atoms with Crippen molar-refractivity contribution in [2.45, 2.75) is 59.3 Å². The molecule has 0 aromatic heterocycles. The number of hydrogen-bond donors (Lipinski definition) is 0. The van der Waals surface area contributed by atoms with Crippen LogP contribution < -0.4 is 0 Å². The maximum atomic E-state index is 2.49. The molecule has 74 valence electrons. The van der Waals surface area contributed by atoms with Gasteiger partial charge in [-0.1, -0.05) is 31.9 Å². The van der Waals surface area contributed by atoms with Gasteiger partial charge >= 0.3 is 0 Å². The fourth-order valence-electron chi connectivity index (χ4n) is 2.94. The first-order valence-electron chi connectivity index (χ1n) is 5.86. The first kappa shape index (κ1) is 9.30.